The van der Waals surface area contributed by atoms with E-state index in [1.807, 2.05) is 18.2 Å². The molecule has 0 amide bonds. The molecule has 0 saturated carbocycles. The maximum atomic E-state index is 6.08. The van der Waals surface area contributed by atoms with Crippen LogP contribution in [0.1, 0.15) is 33.3 Å². The van der Waals surface area contributed by atoms with Crippen LogP contribution in [0.15, 0.2) is 18.2 Å². The summed E-state index contributed by atoms with van der Waals surface area (Å²) in [6.45, 7) is 11.0. The van der Waals surface area contributed by atoms with E-state index in [1.165, 1.54) is 5.56 Å². The quantitative estimate of drug-likeness (QED) is 0.811. The molecule has 0 unspecified atom stereocenters. The van der Waals surface area contributed by atoms with Gasteiger partial charge in [-0.2, -0.15) is 0 Å². The van der Waals surface area contributed by atoms with Crippen LogP contribution in [0.25, 0.3) is 0 Å². The van der Waals surface area contributed by atoms with Gasteiger partial charge in [0.05, 0.1) is 7.11 Å². The largest absolute Gasteiger partial charge is 0.496 e. The predicted octanol–water partition coefficient (Wildman–Crippen LogP) is 4.16. The van der Waals surface area contributed by atoms with Crippen LogP contribution >= 0.6 is 11.6 Å². The zero-order valence-corrected chi connectivity index (χ0v) is 13.5. The topological polar surface area (TPSA) is 21.3 Å². The molecule has 1 rings (SSSR count). The maximum Gasteiger partial charge on any atom is 0.122 e. The first kappa shape index (κ1) is 16.3. The molecule has 0 saturated heterocycles. The van der Waals surface area contributed by atoms with Gasteiger partial charge in [-0.3, -0.25) is 0 Å². The summed E-state index contributed by atoms with van der Waals surface area (Å²) in [6.07, 6.45) is 0.946. The lowest BCUT2D eigenvalue weighted by molar-refractivity contribution is 0.322. The Morgan fingerprint density at radius 3 is 2.58 bits per heavy atom. The van der Waals surface area contributed by atoms with Crippen molar-refractivity contribution in [1.29, 1.82) is 0 Å². The molecule has 0 radical (unpaired) electrons. The average molecular weight is 284 g/mol. The smallest absolute Gasteiger partial charge is 0.122 e. The second-order valence-electron chi connectivity index (χ2n) is 6.32. The Morgan fingerprint density at radius 1 is 1.32 bits per heavy atom. The molecule has 1 aromatic carbocycles. The zero-order chi connectivity index (χ0) is 14.5. The Labute approximate surface area is 122 Å². The van der Waals surface area contributed by atoms with Crippen LogP contribution in [-0.4, -0.2) is 20.2 Å². The summed E-state index contributed by atoms with van der Waals surface area (Å²) in [5, 5.41) is 4.29. The number of rotatable bonds is 7. The minimum absolute atomic E-state index is 0.173. The van der Waals surface area contributed by atoms with Gasteiger partial charge in [0.1, 0.15) is 5.75 Å². The molecule has 0 aliphatic rings. The fraction of sp³-hybridized carbons (Fsp3) is 0.625. The molecular formula is C16H26ClNO. The van der Waals surface area contributed by atoms with Gasteiger partial charge < -0.3 is 10.1 Å². The molecule has 108 valence electrons. The molecule has 0 fully saturated rings. The van der Waals surface area contributed by atoms with E-state index >= 15 is 0 Å². The zero-order valence-electron chi connectivity index (χ0n) is 12.7. The Kier molecular flexibility index (Phi) is 6.15. The molecule has 2 nitrogen and oxygen atoms in total. The van der Waals surface area contributed by atoms with Crippen molar-refractivity contribution in [3.63, 3.8) is 0 Å². The minimum atomic E-state index is 0.173. The van der Waals surface area contributed by atoms with Crippen molar-refractivity contribution in [2.24, 2.45) is 11.3 Å². The van der Waals surface area contributed by atoms with Gasteiger partial charge in [0, 0.05) is 11.6 Å². The fourth-order valence-corrected chi connectivity index (χ4v) is 2.36. The second-order valence-corrected chi connectivity index (χ2v) is 6.76. The van der Waals surface area contributed by atoms with Crippen LogP contribution < -0.4 is 10.1 Å². The summed E-state index contributed by atoms with van der Waals surface area (Å²) < 4.78 is 5.41. The van der Waals surface area contributed by atoms with Crippen LogP contribution in [0.4, 0.5) is 0 Å². The van der Waals surface area contributed by atoms with E-state index in [-0.39, 0.29) is 5.41 Å². The molecule has 3 heteroatoms. The lowest BCUT2D eigenvalue weighted by Gasteiger charge is -2.26. The highest BCUT2D eigenvalue weighted by atomic mass is 35.5. The highest BCUT2D eigenvalue weighted by Crippen LogP contribution is 2.29. The lowest BCUT2D eigenvalue weighted by Crippen LogP contribution is -2.33. The van der Waals surface area contributed by atoms with Crippen LogP contribution in [0.5, 0.6) is 5.75 Å². The first-order chi connectivity index (χ1) is 8.84. The van der Waals surface area contributed by atoms with Crippen LogP contribution in [0, 0.1) is 11.3 Å². The van der Waals surface area contributed by atoms with E-state index in [1.54, 1.807) is 7.11 Å². The van der Waals surface area contributed by atoms with Crippen molar-refractivity contribution >= 4 is 11.6 Å². The second kappa shape index (κ2) is 7.16. The number of methoxy groups -OCH3 is 1. The summed E-state index contributed by atoms with van der Waals surface area (Å²) in [6, 6.07) is 5.81. The molecule has 0 bridgehead atoms. The standard InChI is InChI=1S/C16H26ClNO/c1-12(2)10-18-11-16(3,4)9-13-8-14(17)6-7-15(13)19-5/h6-8,12,18H,9-11H2,1-5H3. The van der Waals surface area contributed by atoms with E-state index < -0.39 is 0 Å². The van der Waals surface area contributed by atoms with Gasteiger partial charge >= 0.3 is 0 Å². The number of nitrogens with one attached hydrogen (secondary N) is 1. The van der Waals surface area contributed by atoms with Gasteiger partial charge in [0.2, 0.25) is 0 Å². The monoisotopic (exact) mass is 283 g/mol. The molecule has 0 aliphatic heterocycles. The van der Waals surface area contributed by atoms with Crippen molar-refractivity contribution < 1.29 is 4.74 Å². The molecule has 0 aliphatic carbocycles. The third-order valence-electron chi connectivity index (χ3n) is 3.07. The van der Waals surface area contributed by atoms with E-state index in [9.17, 15) is 0 Å². The summed E-state index contributed by atoms with van der Waals surface area (Å²) in [4.78, 5) is 0. The van der Waals surface area contributed by atoms with Gasteiger partial charge in [-0.05, 0) is 48.1 Å². The van der Waals surface area contributed by atoms with E-state index in [0.29, 0.717) is 5.92 Å². The summed E-state index contributed by atoms with van der Waals surface area (Å²) in [7, 11) is 1.71. The average Bonchev–Trinajstić information content (AvgIpc) is 2.27. The molecule has 0 aromatic heterocycles. The number of hydrogen-bond acceptors (Lipinski definition) is 2. The van der Waals surface area contributed by atoms with Gasteiger partial charge in [-0.1, -0.05) is 39.3 Å². The van der Waals surface area contributed by atoms with Crippen molar-refractivity contribution in [3.8, 4) is 5.75 Å². The van der Waals surface area contributed by atoms with E-state index in [4.69, 9.17) is 16.3 Å². The SMILES string of the molecule is COc1ccc(Cl)cc1CC(C)(C)CNCC(C)C. The minimum Gasteiger partial charge on any atom is -0.496 e. The molecule has 0 spiro atoms. The van der Waals surface area contributed by atoms with Crippen molar-refractivity contribution in [1.82, 2.24) is 5.32 Å². The molecule has 0 heterocycles. The third-order valence-corrected chi connectivity index (χ3v) is 3.30. The Bertz CT molecular complexity index is 402. The molecule has 1 aromatic rings. The lowest BCUT2D eigenvalue weighted by atomic mass is 9.85. The van der Waals surface area contributed by atoms with Crippen LogP contribution in [0.2, 0.25) is 5.02 Å². The number of halogens is 1. The highest BCUT2D eigenvalue weighted by molar-refractivity contribution is 6.30. The van der Waals surface area contributed by atoms with E-state index in [2.05, 4.69) is 33.0 Å². The normalized spacial score (nSPS) is 11.9. The van der Waals surface area contributed by atoms with Gasteiger partial charge in [0.25, 0.3) is 0 Å². The van der Waals surface area contributed by atoms with Crippen molar-refractivity contribution in [3.05, 3.63) is 28.8 Å². The first-order valence-electron chi connectivity index (χ1n) is 6.87. The number of hydrogen-bond donors (Lipinski definition) is 1. The predicted molar refractivity (Wildman–Crippen MR) is 83.2 cm³/mol. The van der Waals surface area contributed by atoms with Gasteiger partial charge in [0.15, 0.2) is 0 Å². The molecular weight excluding hydrogens is 258 g/mol. The fourth-order valence-electron chi connectivity index (χ4n) is 2.16. The van der Waals surface area contributed by atoms with Crippen LogP contribution in [0.3, 0.4) is 0 Å². The summed E-state index contributed by atoms with van der Waals surface area (Å²) in [5.74, 6) is 1.60. The van der Waals surface area contributed by atoms with Crippen LogP contribution in [-0.2, 0) is 6.42 Å². The number of benzene rings is 1. The Balaban J connectivity index is 2.68. The Morgan fingerprint density at radius 2 is 2.00 bits per heavy atom. The first-order valence-corrected chi connectivity index (χ1v) is 7.25. The molecule has 19 heavy (non-hydrogen) atoms. The summed E-state index contributed by atoms with van der Waals surface area (Å²) >= 11 is 6.08. The molecule has 1 N–H and O–H groups in total. The van der Waals surface area contributed by atoms with Gasteiger partial charge in [-0.25, -0.2) is 0 Å². The third kappa shape index (κ3) is 5.84. The maximum absolute atomic E-state index is 6.08. The van der Waals surface area contributed by atoms with Gasteiger partial charge in [-0.15, -0.1) is 0 Å². The Hall–Kier alpha value is -0.730. The highest BCUT2D eigenvalue weighted by Gasteiger charge is 2.20. The summed E-state index contributed by atoms with van der Waals surface area (Å²) in [5.41, 5.74) is 1.35. The van der Waals surface area contributed by atoms with E-state index in [0.717, 1.165) is 30.3 Å². The van der Waals surface area contributed by atoms with Crippen molar-refractivity contribution in [2.75, 3.05) is 20.2 Å². The number of ether oxygens (including phenoxy) is 1. The molecule has 0 atom stereocenters. The van der Waals surface area contributed by atoms with Crippen molar-refractivity contribution in [2.45, 2.75) is 34.1 Å².